The Morgan fingerprint density at radius 1 is 1.26 bits per heavy atom. The van der Waals surface area contributed by atoms with E-state index in [1.807, 2.05) is 59.8 Å². The number of nitrogens with zero attached hydrogens (tertiary/aromatic N) is 4. The second-order valence-corrected chi connectivity index (χ2v) is 7.41. The summed E-state index contributed by atoms with van der Waals surface area (Å²) < 4.78 is 1.89. The Balaban J connectivity index is 1.63. The number of likely N-dealkylation sites (tertiary alicyclic amines) is 1. The summed E-state index contributed by atoms with van der Waals surface area (Å²) in [6.07, 6.45) is 3.89. The Hall–Kier alpha value is -2.89. The highest BCUT2D eigenvalue weighted by Crippen LogP contribution is 2.29. The Kier molecular flexibility index (Phi) is 4.34. The van der Waals surface area contributed by atoms with Gasteiger partial charge in [0.15, 0.2) is 5.82 Å². The minimum Gasteiger partial charge on any atom is -0.319 e. The maximum Gasteiger partial charge on any atom is 0.322 e. The number of aryl methyl sites for hydroxylation is 2. The van der Waals surface area contributed by atoms with E-state index in [2.05, 4.69) is 29.2 Å². The van der Waals surface area contributed by atoms with E-state index in [1.165, 1.54) is 0 Å². The molecule has 0 spiro atoms. The van der Waals surface area contributed by atoms with Crippen LogP contribution >= 0.6 is 0 Å². The first-order valence-electron chi connectivity index (χ1n) is 9.49. The second-order valence-electron chi connectivity index (χ2n) is 7.41. The van der Waals surface area contributed by atoms with Crippen LogP contribution in [0, 0.1) is 13.8 Å². The molecule has 1 aliphatic heterocycles. The van der Waals surface area contributed by atoms with E-state index >= 15 is 0 Å². The van der Waals surface area contributed by atoms with Crippen LogP contribution in [0.1, 0.15) is 37.9 Å². The fourth-order valence-corrected chi connectivity index (χ4v) is 3.86. The van der Waals surface area contributed by atoms with Crippen LogP contribution in [0.3, 0.4) is 0 Å². The highest BCUT2D eigenvalue weighted by Gasteiger charge is 2.37. The number of hydrogen-bond acceptors (Lipinski definition) is 3. The lowest BCUT2D eigenvalue weighted by molar-refractivity contribution is 0.0688. The van der Waals surface area contributed by atoms with Crippen LogP contribution in [-0.4, -0.2) is 37.6 Å². The van der Waals surface area contributed by atoms with Crippen molar-refractivity contribution in [3.05, 3.63) is 47.8 Å². The molecule has 6 nitrogen and oxygen atoms in total. The van der Waals surface area contributed by atoms with E-state index in [0.717, 1.165) is 40.9 Å². The maximum atomic E-state index is 12.7. The summed E-state index contributed by atoms with van der Waals surface area (Å²) in [7, 11) is 0. The van der Waals surface area contributed by atoms with Crippen molar-refractivity contribution in [2.45, 2.75) is 52.6 Å². The van der Waals surface area contributed by atoms with Gasteiger partial charge in [0.2, 0.25) is 0 Å². The molecule has 1 saturated heterocycles. The van der Waals surface area contributed by atoms with Crippen molar-refractivity contribution in [3.63, 3.8) is 0 Å². The number of carbonyl (C=O) groups excluding carboxylic acids is 1. The Morgan fingerprint density at radius 3 is 2.81 bits per heavy atom. The number of aromatic nitrogens is 3. The van der Waals surface area contributed by atoms with Gasteiger partial charge in [0, 0.05) is 29.0 Å². The number of anilines is 1. The zero-order valence-corrected chi connectivity index (χ0v) is 16.2. The molecule has 2 amide bonds. The molecule has 0 aliphatic carbocycles. The molecule has 2 atom stereocenters. The third-order valence-electron chi connectivity index (χ3n) is 5.50. The first kappa shape index (κ1) is 17.5. The topological polar surface area (TPSA) is 62.5 Å². The van der Waals surface area contributed by atoms with Gasteiger partial charge in [-0.1, -0.05) is 13.0 Å². The van der Waals surface area contributed by atoms with Gasteiger partial charge < -0.3 is 10.2 Å². The average Bonchev–Trinajstić information content (AvgIpc) is 3.01. The largest absolute Gasteiger partial charge is 0.322 e. The van der Waals surface area contributed by atoms with Gasteiger partial charge in [-0.05, 0) is 63.4 Å². The van der Waals surface area contributed by atoms with Crippen molar-refractivity contribution < 1.29 is 4.79 Å². The molecule has 4 rings (SSSR count). The summed E-state index contributed by atoms with van der Waals surface area (Å²) in [5.74, 6) is 0.652. The van der Waals surface area contributed by atoms with Crippen LogP contribution in [0.25, 0.3) is 16.9 Å². The number of rotatable bonds is 3. The molecule has 27 heavy (non-hydrogen) atoms. The molecule has 3 heterocycles. The van der Waals surface area contributed by atoms with Crippen LogP contribution < -0.4 is 5.32 Å². The monoisotopic (exact) mass is 363 g/mol. The van der Waals surface area contributed by atoms with Crippen LogP contribution in [0.15, 0.2) is 36.5 Å². The van der Waals surface area contributed by atoms with Crippen molar-refractivity contribution in [3.8, 4) is 11.4 Å². The highest BCUT2D eigenvalue weighted by atomic mass is 16.2. The molecule has 1 aliphatic rings. The summed E-state index contributed by atoms with van der Waals surface area (Å²) in [6, 6.07) is 10.5. The van der Waals surface area contributed by atoms with Crippen LogP contribution in [0.2, 0.25) is 0 Å². The molecule has 1 fully saturated rings. The quantitative estimate of drug-likeness (QED) is 0.749. The first-order chi connectivity index (χ1) is 13.0. The maximum absolute atomic E-state index is 12.7. The number of fused-ring (bicyclic) bond motifs is 1. The van der Waals surface area contributed by atoms with E-state index in [4.69, 9.17) is 0 Å². The van der Waals surface area contributed by atoms with E-state index < -0.39 is 0 Å². The number of nitrogens with one attached hydrogen (secondary N) is 1. The van der Waals surface area contributed by atoms with Gasteiger partial charge in [0.25, 0.3) is 0 Å². The molecule has 6 heteroatoms. The van der Waals surface area contributed by atoms with Crippen LogP contribution in [0.5, 0.6) is 0 Å². The van der Waals surface area contributed by atoms with Crippen molar-refractivity contribution in [2.24, 2.45) is 0 Å². The van der Waals surface area contributed by atoms with Gasteiger partial charge >= 0.3 is 6.03 Å². The number of benzene rings is 1. The highest BCUT2D eigenvalue weighted by molar-refractivity contribution is 5.91. The second kappa shape index (κ2) is 6.68. The molecule has 140 valence electrons. The first-order valence-corrected chi connectivity index (χ1v) is 9.49. The van der Waals surface area contributed by atoms with Crippen molar-refractivity contribution >= 4 is 17.2 Å². The van der Waals surface area contributed by atoms with Gasteiger partial charge in [-0.3, -0.25) is 0 Å². The fraction of sp³-hybridized carbons (Fsp3) is 0.381. The van der Waals surface area contributed by atoms with Gasteiger partial charge in [0.1, 0.15) is 0 Å². The third-order valence-corrected chi connectivity index (χ3v) is 5.50. The normalized spacial score (nSPS) is 19.2. The van der Waals surface area contributed by atoms with Crippen LogP contribution in [0.4, 0.5) is 10.5 Å². The summed E-state index contributed by atoms with van der Waals surface area (Å²) in [5, 5.41) is 7.71. The lowest BCUT2D eigenvalue weighted by Gasteiger charge is -2.46. The molecule has 2 unspecified atom stereocenters. The zero-order valence-electron chi connectivity index (χ0n) is 16.2. The Labute approximate surface area is 159 Å². The Bertz CT molecular complexity index is 1010. The fourth-order valence-electron chi connectivity index (χ4n) is 3.86. The minimum atomic E-state index is -0.0342. The van der Waals surface area contributed by atoms with Crippen molar-refractivity contribution in [1.29, 1.82) is 0 Å². The van der Waals surface area contributed by atoms with E-state index in [9.17, 15) is 4.79 Å². The van der Waals surface area contributed by atoms with Crippen molar-refractivity contribution in [1.82, 2.24) is 19.5 Å². The molecule has 3 aromatic rings. The van der Waals surface area contributed by atoms with Crippen molar-refractivity contribution in [2.75, 3.05) is 5.32 Å². The minimum absolute atomic E-state index is 0.0342. The molecular weight excluding hydrogens is 338 g/mol. The lowest BCUT2D eigenvalue weighted by Crippen LogP contribution is -2.58. The summed E-state index contributed by atoms with van der Waals surface area (Å²) >= 11 is 0. The third kappa shape index (κ3) is 3.05. The molecular formula is C21H25N5O. The predicted octanol–water partition coefficient (Wildman–Crippen LogP) is 4.42. The van der Waals surface area contributed by atoms with Gasteiger partial charge in [-0.15, -0.1) is 5.10 Å². The van der Waals surface area contributed by atoms with Gasteiger partial charge in [0.05, 0.1) is 11.7 Å². The number of hydrogen-bond donors (Lipinski definition) is 1. The molecule has 2 aromatic heterocycles. The Morgan fingerprint density at radius 2 is 2.07 bits per heavy atom. The molecule has 1 N–H and O–H groups in total. The SMILES string of the molecule is CCC1CC(C)N1C(=O)Nc1ccc(C)c(-c2ncc3ccc(C)n3n2)c1. The summed E-state index contributed by atoms with van der Waals surface area (Å²) in [6.45, 7) is 8.26. The number of urea groups is 1. The summed E-state index contributed by atoms with van der Waals surface area (Å²) in [4.78, 5) is 19.1. The van der Waals surface area contributed by atoms with E-state index in [0.29, 0.717) is 17.9 Å². The average molecular weight is 363 g/mol. The lowest BCUT2D eigenvalue weighted by atomic mass is 9.93. The predicted molar refractivity (Wildman–Crippen MR) is 107 cm³/mol. The van der Waals surface area contributed by atoms with Gasteiger partial charge in [-0.2, -0.15) is 0 Å². The van der Waals surface area contributed by atoms with E-state index in [-0.39, 0.29) is 6.03 Å². The van der Waals surface area contributed by atoms with Crippen LogP contribution in [-0.2, 0) is 0 Å². The number of amides is 2. The van der Waals surface area contributed by atoms with Gasteiger partial charge in [-0.25, -0.2) is 14.3 Å². The summed E-state index contributed by atoms with van der Waals surface area (Å²) in [5.41, 5.74) is 4.79. The van der Waals surface area contributed by atoms with E-state index in [1.54, 1.807) is 0 Å². The molecule has 0 bridgehead atoms. The molecule has 0 radical (unpaired) electrons. The zero-order chi connectivity index (χ0) is 19.1. The molecule has 1 aromatic carbocycles. The standard InChI is InChI=1S/C21H25N5O/c1-5-17-10-15(4)25(17)21(27)23-16-8-6-13(2)19(11-16)20-22-12-18-9-7-14(3)26(18)24-20/h6-9,11-12,15,17H,5,10H2,1-4H3,(H,23,27). The smallest absolute Gasteiger partial charge is 0.319 e. The molecule has 0 saturated carbocycles. The number of carbonyl (C=O) groups is 1.